The second-order valence-corrected chi connectivity index (χ2v) is 13.4. The Morgan fingerprint density at radius 1 is 0.800 bits per heavy atom. The molecule has 0 heterocycles. The van der Waals surface area contributed by atoms with E-state index in [0.29, 0.717) is 12.2 Å². The molecule has 4 aromatic carbocycles. The minimum Gasteiger partial charge on any atom is -0.354 e. The van der Waals surface area contributed by atoms with Crippen molar-refractivity contribution in [1.82, 2.24) is 10.2 Å². The van der Waals surface area contributed by atoms with E-state index in [4.69, 9.17) is 0 Å². The Labute approximate surface area is 268 Å². The summed E-state index contributed by atoms with van der Waals surface area (Å²) in [5.74, 6) is -0.496. The highest BCUT2D eigenvalue weighted by molar-refractivity contribution is 7.92. The van der Waals surface area contributed by atoms with E-state index in [-0.39, 0.29) is 29.7 Å². The van der Waals surface area contributed by atoms with Crippen LogP contribution in [0.1, 0.15) is 55.4 Å². The quantitative estimate of drug-likeness (QED) is 0.174. The van der Waals surface area contributed by atoms with Gasteiger partial charge < -0.3 is 10.2 Å². The van der Waals surface area contributed by atoms with Crippen molar-refractivity contribution in [2.45, 2.75) is 63.9 Å². The first kappa shape index (κ1) is 33.5. The maximum Gasteiger partial charge on any atom is 0.264 e. The molecule has 0 aromatic heterocycles. The first-order valence-electron chi connectivity index (χ1n) is 15.4. The summed E-state index contributed by atoms with van der Waals surface area (Å²) in [5.41, 5.74) is 4.18. The minimum absolute atomic E-state index is 0.0812. The van der Waals surface area contributed by atoms with Crippen LogP contribution < -0.4 is 9.62 Å². The van der Waals surface area contributed by atoms with Gasteiger partial charge in [-0.05, 0) is 65.8 Å². The number of carbonyl (C=O) groups is 2. The molecule has 0 aliphatic heterocycles. The number of carbonyl (C=O) groups excluding carboxylic acids is 2. The second kappa shape index (κ2) is 15.5. The number of amides is 2. The molecule has 0 fully saturated rings. The van der Waals surface area contributed by atoms with Gasteiger partial charge in [-0.25, -0.2) is 8.42 Å². The lowest BCUT2D eigenvalue weighted by Crippen LogP contribution is -2.53. The molecule has 4 rings (SSSR count). The minimum atomic E-state index is -4.13. The van der Waals surface area contributed by atoms with E-state index < -0.39 is 28.5 Å². The molecule has 7 nitrogen and oxygen atoms in total. The molecule has 0 bridgehead atoms. The molecule has 0 aliphatic rings. The van der Waals surface area contributed by atoms with Gasteiger partial charge in [0.2, 0.25) is 11.8 Å². The van der Waals surface area contributed by atoms with Gasteiger partial charge >= 0.3 is 0 Å². The number of hydrogen-bond acceptors (Lipinski definition) is 4. The Morgan fingerprint density at radius 2 is 1.40 bits per heavy atom. The number of sulfonamides is 1. The van der Waals surface area contributed by atoms with Crippen LogP contribution in [0.2, 0.25) is 0 Å². The van der Waals surface area contributed by atoms with Crippen molar-refractivity contribution in [3.05, 3.63) is 131 Å². The first-order valence-corrected chi connectivity index (χ1v) is 16.9. The highest BCUT2D eigenvalue weighted by Gasteiger charge is 2.34. The fourth-order valence-corrected chi connectivity index (χ4v) is 6.60. The normalized spacial score (nSPS) is 12.0. The second-order valence-electron chi connectivity index (χ2n) is 11.5. The lowest BCUT2D eigenvalue weighted by molar-refractivity contribution is -0.140. The monoisotopic (exact) mass is 625 g/mol. The zero-order valence-corrected chi connectivity index (χ0v) is 27.3. The largest absolute Gasteiger partial charge is 0.354 e. The molecule has 236 valence electrons. The van der Waals surface area contributed by atoms with Crippen LogP contribution in [0.5, 0.6) is 0 Å². The molecule has 2 amide bonds. The predicted molar refractivity (Wildman–Crippen MR) is 180 cm³/mol. The number of aryl methyl sites for hydroxylation is 1. The zero-order chi connectivity index (χ0) is 32.4. The molecule has 0 radical (unpaired) electrons. The summed E-state index contributed by atoms with van der Waals surface area (Å²) in [5, 5.41) is 2.98. The number of rotatable bonds is 14. The van der Waals surface area contributed by atoms with Gasteiger partial charge in [-0.15, -0.1) is 0 Å². The molecule has 1 atom stereocenters. The summed E-state index contributed by atoms with van der Waals surface area (Å²) in [4.78, 5) is 29.9. The predicted octanol–water partition coefficient (Wildman–Crippen LogP) is 6.48. The third kappa shape index (κ3) is 8.60. The van der Waals surface area contributed by atoms with Crippen molar-refractivity contribution < 1.29 is 18.0 Å². The molecular formula is C37H43N3O4S. The van der Waals surface area contributed by atoms with Gasteiger partial charge in [0.1, 0.15) is 12.6 Å². The highest BCUT2D eigenvalue weighted by Crippen LogP contribution is 2.27. The summed E-state index contributed by atoms with van der Waals surface area (Å²) in [6.07, 6.45) is 1.02. The standard InChI is InChI=1S/C37H43N3O4S/c1-5-24-38-37(42)35(25-30-15-8-6-9-16-30)39(26-32-17-13-12-14-29(32)4)36(41)27-40(33-22-20-31(21-23-33)28(2)3)45(43,44)34-18-10-7-11-19-34/h6-23,28,35H,5,24-27H2,1-4H3,(H,38,42)/t35-/m0/s1. The van der Waals surface area contributed by atoms with E-state index in [1.165, 1.54) is 17.0 Å². The summed E-state index contributed by atoms with van der Waals surface area (Å²) in [6.45, 7) is 8.20. The van der Waals surface area contributed by atoms with Crippen molar-refractivity contribution in [3.63, 3.8) is 0 Å². The Hall–Kier alpha value is -4.43. The fraction of sp³-hybridized carbons (Fsp3) is 0.297. The number of nitrogens with zero attached hydrogens (tertiary/aromatic N) is 2. The van der Waals surface area contributed by atoms with Crippen LogP contribution in [0.15, 0.2) is 114 Å². The maximum absolute atomic E-state index is 14.5. The number of benzene rings is 4. The lowest BCUT2D eigenvalue weighted by Gasteiger charge is -2.34. The van der Waals surface area contributed by atoms with Crippen molar-refractivity contribution >= 4 is 27.5 Å². The van der Waals surface area contributed by atoms with Crippen molar-refractivity contribution in [1.29, 1.82) is 0 Å². The number of hydrogen-bond donors (Lipinski definition) is 1. The van der Waals surface area contributed by atoms with Crippen LogP contribution in [-0.2, 0) is 32.6 Å². The van der Waals surface area contributed by atoms with E-state index in [0.717, 1.165) is 33.0 Å². The van der Waals surface area contributed by atoms with E-state index in [1.54, 1.807) is 30.3 Å². The van der Waals surface area contributed by atoms with Crippen LogP contribution >= 0.6 is 0 Å². The van der Waals surface area contributed by atoms with Crippen molar-refractivity contribution in [3.8, 4) is 0 Å². The number of anilines is 1. The van der Waals surface area contributed by atoms with Gasteiger partial charge in [-0.3, -0.25) is 13.9 Å². The molecular weight excluding hydrogens is 582 g/mol. The van der Waals surface area contributed by atoms with Gasteiger partial charge in [0, 0.05) is 19.5 Å². The molecule has 0 unspecified atom stereocenters. The molecule has 8 heteroatoms. The summed E-state index contributed by atoms with van der Waals surface area (Å²) in [6, 6.07) is 31.8. The molecule has 0 saturated carbocycles. The average Bonchev–Trinajstić information content (AvgIpc) is 3.05. The van der Waals surface area contributed by atoms with Gasteiger partial charge in [0.25, 0.3) is 10.0 Å². The average molecular weight is 626 g/mol. The Balaban J connectivity index is 1.80. The molecule has 0 aliphatic carbocycles. The molecule has 1 N–H and O–H groups in total. The van der Waals surface area contributed by atoms with Crippen molar-refractivity contribution in [2.24, 2.45) is 0 Å². The van der Waals surface area contributed by atoms with E-state index in [9.17, 15) is 18.0 Å². The Bertz CT molecular complexity index is 1660. The van der Waals surface area contributed by atoms with E-state index in [2.05, 4.69) is 19.2 Å². The highest BCUT2D eigenvalue weighted by atomic mass is 32.2. The van der Waals surface area contributed by atoms with Crippen LogP contribution in [0.3, 0.4) is 0 Å². The molecule has 4 aromatic rings. The van der Waals surface area contributed by atoms with Crippen molar-refractivity contribution in [2.75, 3.05) is 17.4 Å². The van der Waals surface area contributed by atoms with Gasteiger partial charge in [-0.2, -0.15) is 0 Å². The van der Waals surface area contributed by atoms with Crippen LogP contribution in [-0.4, -0.2) is 44.3 Å². The first-order chi connectivity index (χ1) is 21.6. The summed E-state index contributed by atoms with van der Waals surface area (Å²) in [7, 11) is -4.13. The van der Waals surface area contributed by atoms with Crippen LogP contribution in [0.4, 0.5) is 5.69 Å². The van der Waals surface area contributed by atoms with Gasteiger partial charge in [0.05, 0.1) is 10.6 Å². The van der Waals surface area contributed by atoms with Gasteiger partial charge in [0.15, 0.2) is 0 Å². The third-order valence-corrected chi connectivity index (χ3v) is 9.67. The summed E-state index contributed by atoms with van der Waals surface area (Å²) < 4.78 is 29.4. The van der Waals surface area contributed by atoms with Crippen LogP contribution in [0, 0.1) is 6.92 Å². The van der Waals surface area contributed by atoms with Crippen LogP contribution in [0.25, 0.3) is 0 Å². The maximum atomic E-state index is 14.5. The molecule has 0 saturated heterocycles. The Kier molecular flexibility index (Phi) is 11.5. The SMILES string of the molecule is CCCNC(=O)[C@H](Cc1ccccc1)N(Cc1ccccc1C)C(=O)CN(c1ccc(C(C)C)cc1)S(=O)(=O)c1ccccc1. The third-order valence-electron chi connectivity index (χ3n) is 7.88. The van der Waals surface area contributed by atoms with E-state index in [1.807, 2.05) is 80.6 Å². The molecule has 45 heavy (non-hydrogen) atoms. The fourth-order valence-electron chi connectivity index (χ4n) is 5.16. The topological polar surface area (TPSA) is 86.8 Å². The Morgan fingerprint density at radius 3 is 2.00 bits per heavy atom. The molecule has 0 spiro atoms. The summed E-state index contributed by atoms with van der Waals surface area (Å²) >= 11 is 0. The zero-order valence-electron chi connectivity index (χ0n) is 26.5. The number of nitrogens with one attached hydrogen (secondary N) is 1. The smallest absolute Gasteiger partial charge is 0.264 e. The van der Waals surface area contributed by atoms with Gasteiger partial charge in [-0.1, -0.05) is 106 Å². The van der Waals surface area contributed by atoms with E-state index >= 15 is 0 Å². The lowest BCUT2D eigenvalue weighted by atomic mass is 10.0.